The van der Waals surface area contributed by atoms with Gasteiger partial charge < -0.3 is 25.6 Å². The van der Waals surface area contributed by atoms with Gasteiger partial charge in [0.25, 0.3) is 23.6 Å². The first-order valence-electron chi connectivity index (χ1n) is 22.3. The van der Waals surface area contributed by atoms with Crippen LogP contribution in [-0.4, -0.2) is 112 Å². The van der Waals surface area contributed by atoms with E-state index in [2.05, 4.69) is 10.2 Å². The molecule has 16 nitrogen and oxygen atoms in total. The predicted octanol–water partition coefficient (Wildman–Crippen LogP) is 5.59. The maximum absolute atomic E-state index is 15.5. The number of carbonyl (C=O) groups excluding carboxylic acids is 6. The summed E-state index contributed by atoms with van der Waals surface area (Å²) < 4.78 is 23.2. The Bertz CT molecular complexity index is 2710. The molecule has 340 valence electrons. The average Bonchev–Trinajstić information content (AvgIpc) is 3.73. The summed E-state index contributed by atoms with van der Waals surface area (Å²) in [6, 6.07) is 24.4. The topological polar surface area (TPSA) is 193 Å². The van der Waals surface area contributed by atoms with Crippen LogP contribution in [0.2, 0.25) is 0 Å². The van der Waals surface area contributed by atoms with E-state index in [-0.39, 0.29) is 47.5 Å². The minimum atomic E-state index is -0.623. The molecule has 0 bridgehead atoms. The number of ether oxygens (including phenoxy) is 1. The van der Waals surface area contributed by atoms with Crippen LogP contribution in [-0.2, 0) is 22.6 Å². The lowest BCUT2D eigenvalue weighted by atomic mass is 9.95. The van der Waals surface area contributed by atoms with E-state index < -0.39 is 35.5 Å². The van der Waals surface area contributed by atoms with Gasteiger partial charge in [0.15, 0.2) is 0 Å². The third-order valence-electron chi connectivity index (χ3n) is 13.1. The lowest BCUT2D eigenvalue weighted by molar-refractivity contribution is -0.125. The highest BCUT2D eigenvalue weighted by Crippen LogP contribution is 2.37. The van der Waals surface area contributed by atoms with E-state index in [0.717, 1.165) is 47.2 Å². The molecule has 5 heterocycles. The molecule has 0 spiro atoms. The zero-order chi connectivity index (χ0) is 46.1. The number of hydrogen-bond acceptors (Lipinski definition) is 11. The summed E-state index contributed by atoms with van der Waals surface area (Å²) in [7, 11) is 0. The van der Waals surface area contributed by atoms with Gasteiger partial charge in [-0.2, -0.15) is 5.10 Å². The molecule has 0 aliphatic carbocycles. The van der Waals surface area contributed by atoms with Crippen LogP contribution in [0.15, 0.2) is 84.9 Å². The van der Waals surface area contributed by atoms with Crippen LogP contribution in [0.3, 0.4) is 0 Å². The first-order chi connectivity index (χ1) is 31.9. The fraction of sp³-hybridized carbons (Fsp3) is 0.327. The number of hydrogen-bond donors (Lipinski definition) is 3. The van der Waals surface area contributed by atoms with Crippen molar-refractivity contribution in [1.29, 1.82) is 0 Å². The normalized spacial score (nSPS) is 16.7. The van der Waals surface area contributed by atoms with Crippen molar-refractivity contribution < 1.29 is 37.9 Å². The van der Waals surface area contributed by atoms with Crippen molar-refractivity contribution in [2.24, 2.45) is 11.7 Å². The summed E-state index contributed by atoms with van der Waals surface area (Å²) in [5.74, 6) is -0.585. The fourth-order valence-corrected chi connectivity index (χ4v) is 9.46. The number of rotatable bonds is 13. The summed E-state index contributed by atoms with van der Waals surface area (Å²) in [5.41, 5.74) is 10.2. The number of nitrogens with zero attached hydrogens (tertiary/aromatic N) is 6. The van der Waals surface area contributed by atoms with Crippen molar-refractivity contribution in [1.82, 2.24) is 29.8 Å². The molecule has 4 N–H and O–H groups in total. The number of primary amides is 1. The molecule has 4 aliphatic heterocycles. The Balaban J connectivity index is 0.771. The van der Waals surface area contributed by atoms with E-state index in [9.17, 15) is 28.8 Å². The van der Waals surface area contributed by atoms with Gasteiger partial charge in [-0.15, -0.1) is 0 Å². The zero-order valence-electron chi connectivity index (χ0n) is 36.5. The number of fused-ring (bicyclic) bond motifs is 3. The van der Waals surface area contributed by atoms with Gasteiger partial charge in [-0.1, -0.05) is 18.2 Å². The van der Waals surface area contributed by atoms with Crippen LogP contribution in [0.25, 0.3) is 11.3 Å². The zero-order valence-corrected chi connectivity index (χ0v) is 36.5. The van der Waals surface area contributed by atoms with Crippen molar-refractivity contribution in [3.05, 3.63) is 119 Å². The van der Waals surface area contributed by atoms with Gasteiger partial charge in [-0.05, 0) is 111 Å². The largest absolute Gasteiger partial charge is 0.457 e. The molecule has 4 aliphatic rings. The van der Waals surface area contributed by atoms with E-state index in [0.29, 0.717) is 86.7 Å². The van der Waals surface area contributed by atoms with Crippen LogP contribution in [0.4, 0.5) is 21.6 Å². The number of piperazine rings is 1. The van der Waals surface area contributed by atoms with E-state index >= 15 is 4.39 Å². The predicted molar refractivity (Wildman–Crippen MR) is 243 cm³/mol. The summed E-state index contributed by atoms with van der Waals surface area (Å²) in [4.78, 5) is 82.8. The van der Waals surface area contributed by atoms with Gasteiger partial charge in [-0.25, -0.2) is 9.07 Å². The van der Waals surface area contributed by atoms with Gasteiger partial charge in [0.05, 0.1) is 16.8 Å². The highest BCUT2D eigenvalue weighted by atomic mass is 19.1. The minimum Gasteiger partial charge on any atom is -0.457 e. The van der Waals surface area contributed by atoms with E-state index in [1.165, 1.54) is 6.07 Å². The minimum absolute atomic E-state index is 0.00474. The maximum atomic E-state index is 15.5. The van der Waals surface area contributed by atoms with Crippen LogP contribution in [0, 0.1) is 11.7 Å². The first kappa shape index (κ1) is 43.8. The summed E-state index contributed by atoms with van der Waals surface area (Å²) in [5, 5.41) is 10.3. The monoisotopic (exact) mass is 895 g/mol. The molecule has 0 radical (unpaired) electrons. The number of amides is 6. The summed E-state index contributed by atoms with van der Waals surface area (Å²) in [6.45, 7) is 6.70. The number of aryl methyl sites for hydroxylation is 2. The van der Waals surface area contributed by atoms with E-state index in [1.54, 1.807) is 11.6 Å². The Morgan fingerprint density at radius 1 is 0.894 bits per heavy atom. The number of para-hydroxylation sites is 1. The summed E-state index contributed by atoms with van der Waals surface area (Å²) in [6.07, 6.45) is 2.69. The number of nitrogens with one attached hydrogen (secondary N) is 2. The molecular formula is C49H50FN9O7. The second-order valence-electron chi connectivity index (χ2n) is 17.3. The number of carbonyl (C=O) groups is 6. The van der Waals surface area contributed by atoms with Gasteiger partial charge in [0.2, 0.25) is 12.3 Å². The SMILES string of the molecule is CC(CCC(=O)NC=O)N1C(=O)c2cc(F)c(N3CCN(CC4CCN(C(=O)c5ccc6c(c5)CCn5nc(-c7ccc(Oc8ccccc8)cc7)c(C(N)=O)c5N6)CC4)CC3)cc2C1=O. The quantitative estimate of drug-likeness (QED) is 0.0986. The Hall–Kier alpha value is -7.40. The van der Waals surface area contributed by atoms with Crippen molar-refractivity contribution in [3.63, 3.8) is 0 Å². The van der Waals surface area contributed by atoms with Crippen molar-refractivity contribution in [2.45, 2.75) is 51.6 Å². The third kappa shape index (κ3) is 8.85. The smallest absolute Gasteiger partial charge is 0.261 e. The molecule has 2 saturated heterocycles. The van der Waals surface area contributed by atoms with Gasteiger partial charge >= 0.3 is 0 Å². The van der Waals surface area contributed by atoms with Crippen LogP contribution in [0.5, 0.6) is 11.5 Å². The van der Waals surface area contributed by atoms with Gasteiger partial charge in [0.1, 0.15) is 34.4 Å². The summed E-state index contributed by atoms with van der Waals surface area (Å²) >= 11 is 0. The second kappa shape index (κ2) is 18.6. The van der Waals surface area contributed by atoms with E-state index in [1.807, 2.05) is 87.9 Å². The Labute approximate surface area is 380 Å². The molecule has 1 unspecified atom stereocenters. The first-order valence-corrected chi connectivity index (χ1v) is 22.3. The fourth-order valence-electron chi connectivity index (χ4n) is 9.46. The van der Waals surface area contributed by atoms with Gasteiger partial charge in [-0.3, -0.25) is 43.9 Å². The number of likely N-dealkylation sites (tertiary alicyclic amines) is 1. The molecule has 0 saturated carbocycles. The maximum Gasteiger partial charge on any atom is 0.261 e. The highest BCUT2D eigenvalue weighted by molar-refractivity contribution is 6.22. The van der Waals surface area contributed by atoms with Crippen molar-refractivity contribution in [3.8, 4) is 22.8 Å². The molecule has 4 aromatic carbocycles. The molecule has 9 rings (SSSR count). The van der Waals surface area contributed by atoms with Crippen LogP contribution in [0.1, 0.15) is 79.6 Å². The van der Waals surface area contributed by atoms with Crippen LogP contribution < -0.4 is 26.0 Å². The lowest BCUT2D eigenvalue weighted by Gasteiger charge is -2.39. The number of anilines is 3. The Morgan fingerprint density at radius 2 is 1.59 bits per heavy atom. The van der Waals surface area contributed by atoms with Crippen LogP contribution >= 0.6 is 0 Å². The number of piperidine rings is 1. The molecule has 17 heteroatoms. The molecular weight excluding hydrogens is 846 g/mol. The van der Waals surface area contributed by atoms with E-state index in [4.69, 9.17) is 15.6 Å². The number of benzene rings is 4. The third-order valence-corrected chi connectivity index (χ3v) is 13.1. The van der Waals surface area contributed by atoms with Crippen molar-refractivity contribution in [2.75, 3.05) is 56.0 Å². The Kier molecular flexibility index (Phi) is 12.4. The molecule has 5 aromatic rings. The molecule has 66 heavy (non-hydrogen) atoms. The lowest BCUT2D eigenvalue weighted by Crippen LogP contribution is -2.49. The number of aromatic nitrogens is 2. The second-order valence-corrected chi connectivity index (χ2v) is 17.3. The molecule has 1 aromatic heterocycles. The molecule has 6 amide bonds. The molecule has 2 fully saturated rings. The average molecular weight is 896 g/mol. The number of nitrogens with two attached hydrogens (primary N) is 1. The highest BCUT2D eigenvalue weighted by Gasteiger charge is 2.40. The number of imide groups is 2. The molecule has 1 atom stereocenters. The van der Waals surface area contributed by atoms with Crippen molar-refractivity contribution >= 4 is 53.1 Å². The standard InChI is InChI=1S/C49H50FN9O7/c1-30(7-14-42(61)52-29-60)59-48(64)37-26-39(50)41(27-38(37)49(59)65)56-23-21-55(22-24-56)28-31-15-18-57(19-16-31)47(63)34-10-13-40-33(25-34)17-20-58-46(53-40)43(45(51)62)44(54-58)32-8-11-36(12-9-32)66-35-5-3-2-4-6-35/h2-6,8-13,25-27,29-31,53H,7,14-24,28H2,1H3,(H2,51,62)(H,52,60,61). The van der Waals surface area contributed by atoms with Gasteiger partial charge in [0, 0.05) is 81.6 Å². The number of halogens is 1. The Morgan fingerprint density at radius 3 is 2.29 bits per heavy atom.